The predicted octanol–water partition coefficient (Wildman–Crippen LogP) is 1.95. The molecular weight excluding hydrogens is 268 g/mol. The average Bonchev–Trinajstić information content (AvgIpc) is 2.57. The van der Waals surface area contributed by atoms with Gasteiger partial charge in [0.2, 0.25) is 0 Å². The minimum atomic E-state index is -0.0274. The van der Waals surface area contributed by atoms with E-state index in [9.17, 15) is 4.79 Å². The van der Waals surface area contributed by atoms with E-state index < -0.39 is 0 Å². The predicted molar refractivity (Wildman–Crippen MR) is 79.1 cm³/mol. The van der Waals surface area contributed by atoms with Crippen LogP contribution in [0.4, 0.5) is 4.79 Å². The first-order valence-electron chi connectivity index (χ1n) is 7.62. The highest BCUT2D eigenvalue weighted by atomic mass is 16.5. The van der Waals surface area contributed by atoms with E-state index in [0.717, 1.165) is 31.6 Å². The lowest BCUT2D eigenvalue weighted by Gasteiger charge is -2.34. The van der Waals surface area contributed by atoms with Crippen LogP contribution in [0, 0.1) is 0 Å². The highest BCUT2D eigenvalue weighted by molar-refractivity contribution is 5.74. The number of hydrogen-bond acceptors (Lipinski definition) is 3. The van der Waals surface area contributed by atoms with Crippen LogP contribution in [0.1, 0.15) is 24.5 Å². The van der Waals surface area contributed by atoms with Crippen molar-refractivity contribution in [1.82, 2.24) is 10.2 Å². The molecule has 5 heteroatoms. The van der Waals surface area contributed by atoms with Gasteiger partial charge in [0.15, 0.2) is 0 Å². The van der Waals surface area contributed by atoms with Gasteiger partial charge >= 0.3 is 6.03 Å². The van der Waals surface area contributed by atoms with Crippen molar-refractivity contribution in [3.63, 3.8) is 0 Å². The van der Waals surface area contributed by atoms with Crippen molar-refractivity contribution >= 4 is 6.03 Å². The van der Waals surface area contributed by atoms with E-state index in [1.807, 2.05) is 35.2 Å². The number of carbonyl (C=O) groups is 1. The lowest BCUT2D eigenvalue weighted by Crippen LogP contribution is -2.50. The Morgan fingerprint density at radius 3 is 2.67 bits per heavy atom. The molecule has 5 nitrogen and oxygen atoms in total. The van der Waals surface area contributed by atoms with Gasteiger partial charge in [-0.1, -0.05) is 30.3 Å². The van der Waals surface area contributed by atoms with Crippen molar-refractivity contribution in [2.75, 3.05) is 32.9 Å². The molecule has 0 spiro atoms. The number of urea groups is 1. The van der Waals surface area contributed by atoms with Gasteiger partial charge in [0.1, 0.15) is 6.10 Å². The molecule has 0 saturated carbocycles. The minimum Gasteiger partial charge on any atom is -0.381 e. The first kappa shape index (κ1) is 14.4. The summed E-state index contributed by atoms with van der Waals surface area (Å²) in [5.74, 6) is 0. The molecular formula is C16H22N2O3. The first-order valence-corrected chi connectivity index (χ1v) is 7.62. The van der Waals surface area contributed by atoms with Crippen LogP contribution in [0.3, 0.4) is 0 Å². The van der Waals surface area contributed by atoms with Gasteiger partial charge in [-0.25, -0.2) is 4.79 Å². The Labute approximate surface area is 125 Å². The zero-order valence-corrected chi connectivity index (χ0v) is 12.2. The molecule has 2 amide bonds. The molecule has 1 aromatic rings. The number of ether oxygens (including phenoxy) is 2. The van der Waals surface area contributed by atoms with E-state index in [-0.39, 0.29) is 18.2 Å². The normalized spacial score (nSPS) is 23.8. The smallest absolute Gasteiger partial charge is 0.317 e. The highest BCUT2D eigenvalue weighted by Gasteiger charge is 2.27. The maximum absolute atomic E-state index is 12.4. The van der Waals surface area contributed by atoms with E-state index in [0.29, 0.717) is 19.7 Å². The number of nitrogens with zero attached hydrogens (tertiary/aromatic N) is 1. The summed E-state index contributed by atoms with van der Waals surface area (Å²) in [5, 5.41) is 3.11. The van der Waals surface area contributed by atoms with Crippen LogP contribution in [0.2, 0.25) is 0 Å². The number of carbonyl (C=O) groups excluding carboxylic acids is 1. The Kier molecular flexibility index (Phi) is 4.72. The molecule has 0 radical (unpaired) electrons. The van der Waals surface area contributed by atoms with Gasteiger partial charge in [-0.15, -0.1) is 0 Å². The molecule has 0 unspecified atom stereocenters. The van der Waals surface area contributed by atoms with Gasteiger partial charge in [0.05, 0.1) is 13.2 Å². The third-order valence-electron chi connectivity index (χ3n) is 4.07. The van der Waals surface area contributed by atoms with Gasteiger partial charge < -0.3 is 19.7 Å². The number of amides is 2. The molecule has 0 aromatic heterocycles. The molecule has 2 saturated heterocycles. The molecule has 1 N–H and O–H groups in total. The summed E-state index contributed by atoms with van der Waals surface area (Å²) in [6.45, 7) is 3.32. The largest absolute Gasteiger partial charge is 0.381 e. The molecule has 2 heterocycles. The molecule has 2 aliphatic rings. The second kappa shape index (κ2) is 6.91. The Morgan fingerprint density at radius 1 is 1.14 bits per heavy atom. The highest BCUT2D eigenvalue weighted by Crippen LogP contribution is 2.22. The van der Waals surface area contributed by atoms with Gasteiger partial charge in [0.25, 0.3) is 0 Å². The van der Waals surface area contributed by atoms with Crippen molar-refractivity contribution in [3.05, 3.63) is 35.9 Å². The van der Waals surface area contributed by atoms with Crippen molar-refractivity contribution < 1.29 is 14.3 Å². The van der Waals surface area contributed by atoms with Gasteiger partial charge in [-0.05, 0) is 18.4 Å². The van der Waals surface area contributed by atoms with Crippen LogP contribution in [0.15, 0.2) is 30.3 Å². The Balaban J connectivity index is 1.56. The zero-order chi connectivity index (χ0) is 14.5. The van der Waals surface area contributed by atoms with Gasteiger partial charge in [-0.3, -0.25) is 0 Å². The molecule has 2 aliphatic heterocycles. The van der Waals surface area contributed by atoms with Crippen LogP contribution < -0.4 is 5.32 Å². The van der Waals surface area contributed by atoms with Crippen molar-refractivity contribution in [2.24, 2.45) is 0 Å². The minimum absolute atomic E-state index is 0.0196. The Hall–Kier alpha value is -1.59. The van der Waals surface area contributed by atoms with E-state index in [4.69, 9.17) is 9.47 Å². The summed E-state index contributed by atoms with van der Waals surface area (Å²) in [6.07, 6.45) is 1.77. The fourth-order valence-electron chi connectivity index (χ4n) is 2.81. The number of morpholine rings is 1. The van der Waals surface area contributed by atoms with Gasteiger partial charge in [0, 0.05) is 25.8 Å². The monoisotopic (exact) mass is 290 g/mol. The third kappa shape index (κ3) is 3.74. The van der Waals surface area contributed by atoms with Crippen molar-refractivity contribution in [1.29, 1.82) is 0 Å². The summed E-state index contributed by atoms with van der Waals surface area (Å²) in [4.78, 5) is 14.2. The van der Waals surface area contributed by atoms with E-state index in [2.05, 4.69) is 5.32 Å². The molecule has 2 fully saturated rings. The second-order valence-corrected chi connectivity index (χ2v) is 5.55. The van der Waals surface area contributed by atoms with Crippen LogP contribution in [-0.4, -0.2) is 49.9 Å². The average molecular weight is 290 g/mol. The summed E-state index contributed by atoms with van der Waals surface area (Å²) < 4.78 is 11.1. The van der Waals surface area contributed by atoms with E-state index in [1.54, 1.807) is 0 Å². The standard InChI is InChI=1S/C16H22N2O3/c19-16(17-14-6-9-20-10-7-14)18-8-11-21-15(12-18)13-4-2-1-3-5-13/h1-5,14-15H,6-12H2,(H,17,19)/t15-/m0/s1. The molecule has 1 atom stereocenters. The third-order valence-corrected chi connectivity index (χ3v) is 4.07. The lowest BCUT2D eigenvalue weighted by atomic mass is 10.1. The SMILES string of the molecule is O=C(NC1CCOCC1)N1CCO[C@H](c2ccccc2)C1. The summed E-state index contributed by atoms with van der Waals surface area (Å²) in [7, 11) is 0. The van der Waals surface area contributed by atoms with Crippen LogP contribution in [0.25, 0.3) is 0 Å². The van der Waals surface area contributed by atoms with Crippen molar-refractivity contribution in [3.8, 4) is 0 Å². The number of hydrogen-bond donors (Lipinski definition) is 1. The molecule has 3 rings (SSSR count). The summed E-state index contributed by atoms with van der Waals surface area (Å²) >= 11 is 0. The fourth-order valence-corrected chi connectivity index (χ4v) is 2.81. The second-order valence-electron chi connectivity index (χ2n) is 5.55. The number of nitrogens with one attached hydrogen (secondary N) is 1. The summed E-state index contributed by atoms with van der Waals surface area (Å²) in [5.41, 5.74) is 1.13. The topological polar surface area (TPSA) is 50.8 Å². The van der Waals surface area contributed by atoms with Crippen molar-refractivity contribution in [2.45, 2.75) is 25.0 Å². The maximum Gasteiger partial charge on any atom is 0.317 e. The van der Waals surface area contributed by atoms with E-state index in [1.165, 1.54) is 0 Å². The quantitative estimate of drug-likeness (QED) is 0.905. The van der Waals surface area contributed by atoms with Crippen LogP contribution in [0.5, 0.6) is 0 Å². The Bertz CT molecular complexity index is 460. The number of rotatable bonds is 2. The Morgan fingerprint density at radius 2 is 1.90 bits per heavy atom. The lowest BCUT2D eigenvalue weighted by molar-refractivity contribution is -0.0165. The fraction of sp³-hybridized carbons (Fsp3) is 0.562. The van der Waals surface area contributed by atoms with Crippen LogP contribution >= 0.6 is 0 Å². The molecule has 1 aromatic carbocycles. The van der Waals surface area contributed by atoms with E-state index >= 15 is 0 Å². The summed E-state index contributed by atoms with van der Waals surface area (Å²) in [6, 6.07) is 10.3. The van der Waals surface area contributed by atoms with Crippen LogP contribution in [-0.2, 0) is 9.47 Å². The zero-order valence-electron chi connectivity index (χ0n) is 12.2. The molecule has 0 bridgehead atoms. The molecule has 114 valence electrons. The maximum atomic E-state index is 12.4. The van der Waals surface area contributed by atoms with Gasteiger partial charge in [-0.2, -0.15) is 0 Å². The first-order chi connectivity index (χ1) is 10.3. The molecule has 0 aliphatic carbocycles. The molecule has 21 heavy (non-hydrogen) atoms. The number of benzene rings is 1.